The van der Waals surface area contributed by atoms with Crippen molar-refractivity contribution in [3.63, 3.8) is 0 Å². The molecule has 1 aliphatic rings. The van der Waals surface area contributed by atoms with Crippen LogP contribution in [0.5, 0.6) is 0 Å². The first kappa shape index (κ1) is 15.8. The van der Waals surface area contributed by atoms with Gasteiger partial charge >= 0.3 is 5.97 Å². The number of esters is 1. The lowest BCUT2D eigenvalue weighted by Crippen LogP contribution is -2.33. The van der Waals surface area contributed by atoms with Gasteiger partial charge in [-0.2, -0.15) is 0 Å². The highest BCUT2D eigenvalue weighted by molar-refractivity contribution is 5.72. The molecule has 2 aromatic rings. The fourth-order valence-corrected chi connectivity index (χ4v) is 3.11. The van der Waals surface area contributed by atoms with Crippen LogP contribution in [0.1, 0.15) is 31.2 Å². The Morgan fingerprint density at radius 2 is 2.13 bits per heavy atom. The summed E-state index contributed by atoms with van der Waals surface area (Å²) in [4.78, 5) is 18.7. The van der Waals surface area contributed by atoms with E-state index in [0.29, 0.717) is 5.69 Å². The molecule has 1 aliphatic heterocycles. The van der Waals surface area contributed by atoms with Gasteiger partial charge in [-0.25, -0.2) is 4.98 Å². The third-order valence-corrected chi connectivity index (χ3v) is 4.61. The van der Waals surface area contributed by atoms with Crippen molar-refractivity contribution >= 4 is 17.3 Å². The van der Waals surface area contributed by atoms with Gasteiger partial charge in [-0.1, -0.05) is 6.92 Å². The van der Waals surface area contributed by atoms with E-state index in [1.54, 1.807) is 0 Å². The minimum Gasteiger partial charge on any atom is -0.469 e. The lowest BCUT2D eigenvalue weighted by Gasteiger charge is -2.30. The summed E-state index contributed by atoms with van der Waals surface area (Å²) in [5.41, 5.74) is 9.25. The van der Waals surface area contributed by atoms with Gasteiger partial charge in [0.25, 0.3) is 0 Å². The van der Waals surface area contributed by atoms with Gasteiger partial charge in [0.15, 0.2) is 0 Å². The highest BCUT2D eigenvalue weighted by atomic mass is 16.5. The number of carbonyl (C=O) groups is 1. The van der Waals surface area contributed by atoms with Crippen molar-refractivity contribution in [2.45, 2.75) is 32.7 Å². The summed E-state index contributed by atoms with van der Waals surface area (Å²) in [7, 11) is 1.40. The minimum absolute atomic E-state index is 0.192. The summed E-state index contributed by atoms with van der Waals surface area (Å²) in [6, 6.07) is 3.72. The second-order valence-electron chi connectivity index (χ2n) is 6.41. The van der Waals surface area contributed by atoms with Gasteiger partial charge in [0.1, 0.15) is 5.65 Å². The van der Waals surface area contributed by atoms with Gasteiger partial charge in [0.05, 0.1) is 24.9 Å². The van der Waals surface area contributed by atoms with Crippen molar-refractivity contribution < 1.29 is 9.53 Å². The van der Waals surface area contributed by atoms with E-state index in [2.05, 4.69) is 16.8 Å². The van der Waals surface area contributed by atoms with Crippen LogP contribution in [-0.4, -0.2) is 40.5 Å². The van der Waals surface area contributed by atoms with Crippen LogP contribution in [0.3, 0.4) is 0 Å². The molecule has 2 aromatic heterocycles. The fraction of sp³-hybridized carbons (Fsp3) is 0.529. The molecule has 0 aromatic carbocycles. The molecular formula is C17H24N4O2. The molecule has 0 aliphatic carbocycles. The molecule has 0 radical (unpaired) electrons. The average molecular weight is 316 g/mol. The Morgan fingerprint density at radius 3 is 2.83 bits per heavy atom. The number of likely N-dealkylation sites (tertiary alicyclic amines) is 1. The first-order valence-corrected chi connectivity index (χ1v) is 8.11. The number of carbonyl (C=O) groups excluding carboxylic acids is 1. The van der Waals surface area contributed by atoms with Crippen LogP contribution in [0.25, 0.3) is 5.65 Å². The Bertz CT molecular complexity index is 702. The van der Waals surface area contributed by atoms with Gasteiger partial charge in [-0.15, -0.1) is 0 Å². The molecule has 0 unspecified atom stereocenters. The number of hydrogen-bond acceptors (Lipinski definition) is 5. The van der Waals surface area contributed by atoms with E-state index in [1.165, 1.54) is 20.0 Å². The van der Waals surface area contributed by atoms with Crippen molar-refractivity contribution in [1.82, 2.24) is 14.3 Å². The Morgan fingerprint density at radius 1 is 1.39 bits per heavy atom. The van der Waals surface area contributed by atoms with Crippen LogP contribution < -0.4 is 5.73 Å². The van der Waals surface area contributed by atoms with Gasteiger partial charge in [0, 0.05) is 18.4 Å². The van der Waals surface area contributed by atoms with Crippen LogP contribution in [0, 0.1) is 5.92 Å². The zero-order valence-electron chi connectivity index (χ0n) is 13.8. The number of nitrogen functional groups attached to an aromatic ring is 1. The monoisotopic (exact) mass is 316 g/mol. The van der Waals surface area contributed by atoms with Crippen LogP contribution in [-0.2, 0) is 22.5 Å². The lowest BCUT2D eigenvalue weighted by atomic mass is 9.99. The predicted molar refractivity (Wildman–Crippen MR) is 89.0 cm³/mol. The van der Waals surface area contributed by atoms with E-state index in [1.807, 2.05) is 22.7 Å². The summed E-state index contributed by atoms with van der Waals surface area (Å²) < 4.78 is 6.81. The number of methoxy groups -OCH3 is 1. The standard InChI is InChI=1S/C17H24N4O2/c1-12-5-7-20(8-6-12)11-15-14(9-17(22)23-2)19-16-4-3-13(18)10-21(15)16/h3-4,10,12H,5-9,11,18H2,1-2H3. The average Bonchev–Trinajstić information content (AvgIpc) is 2.86. The van der Waals surface area contributed by atoms with E-state index < -0.39 is 0 Å². The minimum atomic E-state index is -0.269. The highest BCUT2D eigenvalue weighted by Crippen LogP contribution is 2.22. The Kier molecular flexibility index (Phi) is 4.52. The zero-order chi connectivity index (χ0) is 16.4. The number of pyridine rings is 1. The second kappa shape index (κ2) is 6.58. The third kappa shape index (κ3) is 3.47. The maximum absolute atomic E-state index is 11.7. The maximum atomic E-state index is 11.7. The molecule has 23 heavy (non-hydrogen) atoms. The molecule has 0 atom stereocenters. The first-order valence-electron chi connectivity index (χ1n) is 8.11. The normalized spacial score (nSPS) is 16.8. The predicted octanol–water partition coefficient (Wildman–Crippen LogP) is 1.86. The van der Waals surface area contributed by atoms with Crippen LogP contribution in [0.2, 0.25) is 0 Å². The summed E-state index contributed by atoms with van der Waals surface area (Å²) in [5, 5.41) is 0. The fourth-order valence-electron chi connectivity index (χ4n) is 3.11. The van der Waals surface area contributed by atoms with Crippen molar-refractivity contribution in [1.29, 1.82) is 0 Å². The summed E-state index contributed by atoms with van der Waals surface area (Å²) in [6.07, 6.45) is 4.50. The van der Waals surface area contributed by atoms with E-state index >= 15 is 0 Å². The van der Waals surface area contributed by atoms with Gasteiger partial charge in [-0.3, -0.25) is 9.69 Å². The van der Waals surface area contributed by atoms with Crippen molar-refractivity contribution in [2.24, 2.45) is 5.92 Å². The Hall–Kier alpha value is -2.08. The SMILES string of the molecule is COC(=O)Cc1nc2ccc(N)cn2c1CN1CCC(C)CC1. The van der Waals surface area contributed by atoms with E-state index in [-0.39, 0.29) is 12.4 Å². The molecule has 124 valence electrons. The number of nitrogens with zero attached hydrogens (tertiary/aromatic N) is 3. The topological polar surface area (TPSA) is 72.9 Å². The molecule has 6 heteroatoms. The number of rotatable bonds is 4. The molecule has 3 rings (SSSR count). The quantitative estimate of drug-likeness (QED) is 0.872. The molecule has 1 fully saturated rings. The summed E-state index contributed by atoms with van der Waals surface area (Å²) in [6.45, 7) is 5.24. The molecule has 3 heterocycles. The van der Waals surface area contributed by atoms with E-state index in [4.69, 9.17) is 10.5 Å². The van der Waals surface area contributed by atoms with Crippen LogP contribution >= 0.6 is 0 Å². The molecule has 1 saturated heterocycles. The number of aromatic nitrogens is 2. The van der Waals surface area contributed by atoms with Crippen molar-refractivity contribution in [2.75, 3.05) is 25.9 Å². The number of hydrogen-bond donors (Lipinski definition) is 1. The maximum Gasteiger partial charge on any atom is 0.311 e. The zero-order valence-corrected chi connectivity index (χ0v) is 13.8. The molecule has 0 amide bonds. The Labute approximate surface area is 136 Å². The van der Waals surface area contributed by atoms with Crippen molar-refractivity contribution in [3.8, 4) is 0 Å². The number of anilines is 1. The number of imidazole rings is 1. The van der Waals surface area contributed by atoms with Crippen LogP contribution in [0.4, 0.5) is 5.69 Å². The van der Waals surface area contributed by atoms with E-state index in [0.717, 1.165) is 42.6 Å². The molecule has 0 bridgehead atoms. The molecule has 6 nitrogen and oxygen atoms in total. The Balaban J connectivity index is 1.92. The van der Waals surface area contributed by atoms with Crippen LogP contribution in [0.15, 0.2) is 18.3 Å². The summed E-state index contributed by atoms with van der Waals surface area (Å²) >= 11 is 0. The first-order chi connectivity index (χ1) is 11.1. The highest BCUT2D eigenvalue weighted by Gasteiger charge is 2.21. The molecule has 0 spiro atoms. The largest absolute Gasteiger partial charge is 0.469 e. The number of ether oxygens (including phenoxy) is 1. The smallest absolute Gasteiger partial charge is 0.311 e. The van der Waals surface area contributed by atoms with E-state index in [9.17, 15) is 4.79 Å². The second-order valence-corrected chi connectivity index (χ2v) is 6.41. The number of nitrogens with two attached hydrogens (primary N) is 1. The number of fused-ring (bicyclic) bond motifs is 1. The third-order valence-electron chi connectivity index (χ3n) is 4.61. The lowest BCUT2D eigenvalue weighted by molar-refractivity contribution is -0.139. The number of piperidine rings is 1. The van der Waals surface area contributed by atoms with Crippen molar-refractivity contribution in [3.05, 3.63) is 29.7 Å². The van der Waals surface area contributed by atoms with Gasteiger partial charge in [0.2, 0.25) is 0 Å². The molecule has 0 saturated carbocycles. The summed E-state index contributed by atoms with van der Waals surface area (Å²) in [5.74, 6) is 0.522. The van der Waals surface area contributed by atoms with Gasteiger partial charge < -0.3 is 14.9 Å². The molecular weight excluding hydrogens is 292 g/mol. The molecule has 2 N–H and O–H groups in total. The van der Waals surface area contributed by atoms with Gasteiger partial charge in [-0.05, 0) is 44.0 Å².